The van der Waals surface area contributed by atoms with Gasteiger partial charge in [0.05, 0.1) is 37.7 Å². The smallest absolute Gasteiger partial charge is 0.351 e. The molecular formula is C73H49BrF2O4S12. The lowest BCUT2D eigenvalue weighted by molar-refractivity contribution is 0.0498. The van der Waals surface area contributed by atoms with Gasteiger partial charge in [0, 0.05) is 142 Å². The molecule has 458 valence electrons. The first kappa shape index (κ1) is 61.0. The van der Waals surface area contributed by atoms with E-state index < -0.39 is 23.6 Å². The van der Waals surface area contributed by atoms with Gasteiger partial charge in [0.25, 0.3) is 0 Å². The Bertz CT molecular complexity index is 5390. The van der Waals surface area contributed by atoms with Crippen LogP contribution >= 0.6 is 152 Å². The minimum Gasteiger partial charge on any atom is -0.465 e. The Labute approximate surface area is 584 Å². The van der Waals surface area contributed by atoms with E-state index in [1.807, 2.05) is 41.7 Å². The van der Waals surface area contributed by atoms with Gasteiger partial charge < -0.3 is 9.47 Å². The van der Waals surface area contributed by atoms with Crippen molar-refractivity contribution in [1.82, 2.24) is 0 Å². The minimum atomic E-state index is -0.701. The van der Waals surface area contributed by atoms with Crippen LogP contribution in [0.15, 0.2) is 133 Å². The fourth-order valence-corrected chi connectivity index (χ4v) is 27.1. The summed E-state index contributed by atoms with van der Waals surface area (Å²) < 4.78 is 52.2. The van der Waals surface area contributed by atoms with Crippen molar-refractivity contribution in [2.24, 2.45) is 0 Å². The zero-order valence-corrected chi connectivity index (χ0v) is 61.0. The first-order chi connectivity index (χ1) is 44.8. The summed E-state index contributed by atoms with van der Waals surface area (Å²) in [5, 5.41) is 6.27. The Balaban J connectivity index is 0.919. The number of fused-ring (bicyclic) bond motifs is 6. The van der Waals surface area contributed by atoms with Crippen molar-refractivity contribution >= 4 is 224 Å². The third kappa shape index (κ3) is 10.4. The lowest BCUT2D eigenvalue weighted by atomic mass is 9.99. The van der Waals surface area contributed by atoms with Crippen LogP contribution in [0.1, 0.15) is 64.5 Å². The minimum absolute atomic E-state index is 0.00633. The average molecular weight is 1490 g/mol. The fourth-order valence-electron chi connectivity index (χ4n) is 12.2. The third-order valence-electron chi connectivity index (χ3n) is 16.4. The molecule has 0 aliphatic rings. The van der Waals surface area contributed by atoms with Gasteiger partial charge >= 0.3 is 11.9 Å². The van der Waals surface area contributed by atoms with Crippen LogP contribution in [0, 0.1) is 39.3 Å². The molecule has 4 nitrogen and oxygen atoms in total. The Morgan fingerprint density at radius 3 is 1.18 bits per heavy atom. The van der Waals surface area contributed by atoms with Gasteiger partial charge in [-0.1, -0.05) is 89.4 Å². The van der Waals surface area contributed by atoms with E-state index in [0.29, 0.717) is 10.8 Å². The molecule has 0 amide bonds. The third-order valence-corrected chi connectivity index (χ3v) is 31.3. The SMILES string of the molecule is COC(=O)c1sc2c(-c3cc4c(-c5ccc(C)s5)c5sc(-c6ccccc6)cc5c(-c5ccc(C)s5)c4s3)sc(-c3cc4c(-c5ccc(C)s5)c5sc(-c6sc(-c7ccccc7)c7c(F)c(C(=O)OCCCCCCBr)sc67)cc5c(-c5ccc(C)s5)c4s3)c2c1F. The number of esters is 2. The normalized spacial score (nSPS) is 12.0. The van der Waals surface area contributed by atoms with Crippen LogP contribution in [0.4, 0.5) is 8.78 Å². The molecule has 0 spiro atoms. The highest BCUT2D eigenvalue weighted by Gasteiger charge is 2.34. The van der Waals surface area contributed by atoms with Crippen LogP contribution in [0.25, 0.3) is 152 Å². The van der Waals surface area contributed by atoms with E-state index in [-0.39, 0.29) is 16.4 Å². The second-order valence-corrected chi connectivity index (χ2v) is 36.7. The molecule has 0 aliphatic heterocycles. The van der Waals surface area contributed by atoms with Crippen molar-refractivity contribution in [1.29, 1.82) is 0 Å². The number of rotatable bonds is 17. The van der Waals surface area contributed by atoms with Gasteiger partial charge in [0.2, 0.25) is 0 Å². The molecule has 0 aliphatic carbocycles. The first-order valence-corrected chi connectivity index (χ1v) is 40.5. The summed E-state index contributed by atoms with van der Waals surface area (Å²) in [6.07, 6.45) is 3.72. The highest BCUT2D eigenvalue weighted by atomic mass is 79.9. The van der Waals surface area contributed by atoms with E-state index in [9.17, 15) is 9.59 Å². The summed E-state index contributed by atoms with van der Waals surface area (Å²) in [4.78, 5) is 44.4. The molecule has 0 radical (unpaired) electrons. The lowest BCUT2D eigenvalue weighted by Crippen LogP contribution is -2.06. The van der Waals surface area contributed by atoms with Crippen LogP contribution in [-0.2, 0) is 9.47 Å². The van der Waals surface area contributed by atoms with E-state index in [0.717, 1.165) is 127 Å². The van der Waals surface area contributed by atoms with Crippen LogP contribution in [0.2, 0.25) is 0 Å². The molecule has 0 saturated heterocycles. The molecular weight excluding hydrogens is 1440 g/mol. The number of carbonyl (C=O) groups is 2. The van der Waals surface area contributed by atoms with Crippen LogP contribution in [0.5, 0.6) is 0 Å². The number of hydrogen-bond acceptors (Lipinski definition) is 16. The second-order valence-electron chi connectivity index (χ2n) is 22.4. The number of halogens is 3. The largest absolute Gasteiger partial charge is 0.465 e. The lowest BCUT2D eigenvalue weighted by Gasteiger charge is -2.09. The van der Waals surface area contributed by atoms with Gasteiger partial charge in [-0.15, -0.1) is 136 Å². The summed E-state index contributed by atoms with van der Waals surface area (Å²) in [5.41, 5.74) is 6.63. The van der Waals surface area contributed by atoms with E-state index in [1.165, 1.54) is 95.4 Å². The molecule has 0 N–H and O–H groups in total. The topological polar surface area (TPSA) is 52.6 Å². The van der Waals surface area contributed by atoms with Crippen molar-refractivity contribution in [3.63, 3.8) is 0 Å². The molecule has 0 bridgehead atoms. The van der Waals surface area contributed by atoms with Crippen molar-refractivity contribution in [2.45, 2.75) is 53.4 Å². The highest BCUT2D eigenvalue weighted by Crippen LogP contribution is 2.61. The van der Waals surface area contributed by atoms with Crippen molar-refractivity contribution in [3.8, 4) is 91.9 Å². The summed E-state index contributed by atoms with van der Waals surface area (Å²) in [6, 6.07) is 47.5. The number of benzene rings is 4. The van der Waals surface area contributed by atoms with Crippen LogP contribution in [0.3, 0.4) is 0 Å². The number of thiophene rings is 12. The summed E-state index contributed by atoms with van der Waals surface area (Å²) in [6.45, 7) is 8.83. The Hall–Kier alpha value is -5.88. The molecule has 19 heteroatoms. The zero-order valence-electron chi connectivity index (χ0n) is 49.6. The van der Waals surface area contributed by atoms with E-state index >= 15 is 8.78 Å². The Morgan fingerprint density at radius 2 is 0.761 bits per heavy atom. The molecule has 0 fully saturated rings. The van der Waals surface area contributed by atoms with Gasteiger partial charge in [-0.2, -0.15) is 0 Å². The monoisotopic (exact) mass is 1490 g/mol. The number of alkyl halides is 1. The molecule has 16 aromatic rings. The maximum Gasteiger partial charge on any atom is 0.351 e. The molecule has 0 atom stereocenters. The quantitative estimate of drug-likeness (QED) is 0.0518. The van der Waals surface area contributed by atoms with Gasteiger partial charge in [-0.3, -0.25) is 0 Å². The second kappa shape index (κ2) is 24.7. The van der Waals surface area contributed by atoms with E-state index in [1.54, 1.807) is 102 Å². The predicted octanol–water partition coefficient (Wildman–Crippen LogP) is 27.8. The number of methoxy groups -OCH3 is 1. The zero-order chi connectivity index (χ0) is 62.8. The van der Waals surface area contributed by atoms with Crippen molar-refractivity contribution < 1.29 is 27.8 Å². The highest BCUT2D eigenvalue weighted by molar-refractivity contribution is 9.09. The molecule has 12 heterocycles. The molecule has 4 aromatic carbocycles. The number of ether oxygens (including phenoxy) is 2. The number of unbranched alkanes of at least 4 members (excludes halogenated alkanes) is 3. The first-order valence-electron chi connectivity index (χ1n) is 29.6. The van der Waals surface area contributed by atoms with Crippen molar-refractivity contribution in [3.05, 3.63) is 174 Å². The standard InChI is InChI=1S/C73H49BrF2O4S12/c1-34-20-24-44(81-34)52-40-30-48(38-16-10-8-11-17-38)85-61(40)53(45-25-21-35(2)82-45)42-33-51(88-63(42)52)67-69-57(59(76)70(91-69)72(77)79-5)65(90-67)49-31-41-54(46-26-22-36(3)83-46)64-43(55(62(41)86-49)47-27-23-37(4)84-47)32-50(87-64)66-68-56(60(89-66)39-18-12-9-13-19-39)58(75)71(92-68)73(78)80-29-15-7-6-14-28-74/h8-13,16-27,30-33H,6-7,14-15,28-29H2,1-5H3. The van der Waals surface area contributed by atoms with E-state index in [2.05, 4.69) is 147 Å². The molecule has 12 aromatic heterocycles. The molecule has 92 heavy (non-hydrogen) atoms. The fraction of sp³-hybridized carbons (Fsp3) is 0.151. The summed E-state index contributed by atoms with van der Waals surface area (Å²) >= 11 is 23.1. The predicted molar refractivity (Wildman–Crippen MR) is 408 cm³/mol. The maximum atomic E-state index is 17.9. The Kier molecular flexibility index (Phi) is 16.4. The summed E-state index contributed by atoms with van der Waals surface area (Å²) in [5.74, 6) is -2.44. The van der Waals surface area contributed by atoms with Crippen LogP contribution < -0.4 is 0 Å². The molecule has 0 saturated carbocycles. The van der Waals surface area contributed by atoms with Crippen molar-refractivity contribution in [2.75, 3.05) is 19.0 Å². The molecule has 16 rings (SSSR count). The number of hydrogen-bond donors (Lipinski definition) is 0. The van der Waals surface area contributed by atoms with Crippen LogP contribution in [-0.4, -0.2) is 31.0 Å². The van der Waals surface area contributed by atoms with Gasteiger partial charge in [0.15, 0.2) is 11.6 Å². The van der Waals surface area contributed by atoms with Gasteiger partial charge in [0.1, 0.15) is 9.75 Å². The Morgan fingerprint density at radius 1 is 0.380 bits per heavy atom. The van der Waals surface area contributed by atoms with Gasteiger partial charge in [-0.25, -0.2) is 18.4 Å². The maximum absolute atomic E-state index is 17.9. The van der Waals surface area contributed by atoms with E-state index in [4.69, 9.17) is 9.47 Å². The average Bonchev–Trinajstić information content (AvgIpc) is 1.56. The van der Waals surface area contributed by atoms with Gasteiger partial charge in [-0.05, 0) is 124 Å². The summed E-state index contributed by atoms with van der Waals surface area (Å²) in [7, 11) is 1.32. The number of carbonyl (C=O) groups excluding carboxylic acids is 2. The molecule has 0 unspecified atom stereocenters. The number of aryl methyl sites for hydroxylation is 4.